The molecule has 0 aliphatic heterocycles. The number of nitrogens with zero attached hydrogens (tertiary/aromatic N) is 2. The third kappa shape index (κ3) is 1.58. The first-order chi connectivity index (χ1) is 5.52. The third-order valence-electron chi connectivity index (χ3n) is 1.17. The van der Waals surface area contributed by atoms with E-state index in [4.69, 9.17) is 17.3 Å². The average Bonchev–Trinajstić information content (AvgIpc) is 2.16. The van der Waals surface area contributed by atoms with Crippen LogP contribution in [0.4, 0.5) is 14.6 Å². The Morgan fingerprint density at radius 3 is 2.58 bits per heavy atom. The van der Waals surface area contributed by atoms with Gasteiger partial charge in [0.2, 0.25) is 5.88 Å². The Morgan fingerprint density at radius 2 is 2.25 bits per heavy atom. The summed E-state index contributed by atoms with van der Waals surface area (Å²) >= 11 is 5.49. The van der Waals surface area contributed by atoms with Crippen LogP contribution in [0.2, 0.25) is 5.02 Å². The number of aryl methyl sites for hydroxylation is 1. The van der Waals surface area contributed by atoms with Gasteiger partial charge in [-0.25, -0.2) is 4.68 Å². The van der Waals surface area contributed by atoms with Gasteiger partial charge in [-0.2, -0.15) is 13.9 Å². The van der Waals surface area contributed by atoms with Gasteiger partial charge >= 0.3 is 6.61 Å². The highest BCUT2D eigenvalue weighted by atomic mass is 35.5. The number of anilines is 1. The molecule has 0 saturated heterocycles. The number of ether oxygens (including phenoxy) is 1. The fourth-order valence-corrected chi connectivity index (χ4v) is 0.920. The molecule has 0 aliphatic rings. The molecule has 0 aromatic carbocycles. The summed E-state index contributed by atoms with van der Waals surface area (Å²) in [7, 11) is 1.40. The molecule has 4 nitrogen and oxygen atoms in total. The fraction of sp³-hybridized carbons (Fsp3) is 0.400. The Labute approximate surface area is 71.9 Å². The lowest BCUT2D eigenvalue weighted by Crippen LogP contribution is -2.06. The van der Waals surface area contributed by atoms with Crippen molar-refractivity contribution in [3.05, 3.63) is 5.02 Å². The van der Waals surface area contributed by atoms with Crippen molar-refractivity contribution in [1.82, 2.24) is 9.78 Å². The summed E-state index contributed by atoms with van der Waals surface area (Å²) in [6.45, 7) is -2.93. The zero-order valence-electron chi connectivity index (χ0n) is 6.09. The van der Waals surface area contributed by atoms with Gasteiger partial charge in [-0.15, -0.1) is 0 Å². The van der Waals surface area contributed by atoms with Crippen LogP contribution in [0, 0.1) is 0 Å². The molecule has 1 heterocycles. The minimum atomic E-state index is -2.93. The predicted octanol–water partition coefficient (Wildman–Crippen LogP) is 1.26. The molecule has 0 radical (unpaired) electrons. The van der Waals surface area contributed by atoms with Crippen LogP contribution in [0.5, 0.6) is 5.88 Å². The van der Waals surface area contributed by atoms with Crippen LogP contribution in [0.15, 0.2) is 0 Å². The number of halogens is 3. The van der Waals surface area contributed by atoms with Crippen molar-refractivity contribution in [2.45, 2.75) is 6.61 Å². The zero-order valence-corrected chi connectivity index (χ0v) is 6.85. The van der Waals surface area contributed by atoms with Crippen LogP contribution in [-0.4, -0.2) is 16.4 Å². The Bertz CT molecular complexity index is 288. The van der Waals surface area contributed by atoms with Crippen molar-refractivity contribution in [3.8, 4) is 5.88 Å². The molecule has 0 amide bonds. The largest absolute Gasteiger partial charge is 0.415 e. The number of hydrogen-bond donors (Lipinski definition) is 1. The summed E-state index contributed by atoms with van der Waals surface area (Å²) in [5, 5.41) is 3.47. The Hall–Kier alpha value is -1.04. The molecule has 12 heavy (non-hydrogen) atoms. The number of nitrogens with two attached hydrogens (primary N) is 1. The summed E-state index contributed by atoms with van der Waals surface area (Å²) in [5.41, 5.74) is 5.23. The Morgan fingerprint density at radius 1 is 1.67 bits per heavy atom. The van der Waals surface area contributed by atoms with E-state index in [2.05, 4.69) is 9.84 Å². The first-order valence-electron chi connectivity index (χ1n) is 2.95. The number of hydrogen-bond acceptors (Lipinski definition) is 3. The molecule has 0 saturated carbocycles. The summed E-state index contributed by atoms with van der Waals surface area (Å²) in [6, 6.07) is 0. The molecule has 2 N–H and O–H groups in total. The number of rotatable bonds is 2. The zero-order chi connectivity index (χ0) is 9.30. The van der Waals surface area contributed by atoms with E-state index in [1.165, 1.54) is 7.05 Å². The molecule has 0 atom stereocenters. The molecule has 1 aromatic heterocycles. The second-order valence-electron chi connectivity index (χ2n) is 2.01. The van der Waals surface area contributed by atoms with Crippen LogP contribution in [0.25, 0.3) is 0 Å². The van der Waals surface area contributed by atoms with Crippen molar-refractivity contribution >= 4 is 17.4 Å². The van der Waals surface area contributed by atoms with Crippen LogP contribution >= 0.6 is 11.6 Å². The summed E-state index contributed by atoms with van der Waals surface area (Å²) in [6.07, 6.45) is 0. The van der Waals surface area contributed by atoms with E-state index in [9.17, 15) is 8.78 Å². The van der Waals surface area contributed by atoms with E-state index < -0.39 is 6.61 Å². The average molecular weight is 198 g/mol. The van der Waals surface area contributed by atoms with Crippen molar-refractivity contribution < 1.29 is 13.5 Å². The van der Waals surface area contributed by atoms with E-state index in [1.54, 1.807) is 0 Å². The van der Waals surface area contributed by atoms with Crippen LogP contribution in [0.3, 0.4) is 0 Å². The fourth-order valence-electron chi connectivity index (χ4n) is 0.715. The van der Waals surface area contributed by atoms with E-state index in [0.717, 1.165) is 4.68 Å². The molecule has 68 valence electrons. The molecule has 0 bridgehead atoms. The minimum absolute atomic E-state index is 0.0326. The van der Waals surface area contributed by atoms with Crippen molar-refractivity contribution in [2.75, 3.05) is 5.73 Å². The topological polar surface area (TPSA) is 53.1 Å². The van der Waals surface area contributed by atoms with E-state index in [1.807, 2.05) is 0 Å². The van der Waals surface area contributed by atoms with Gasteiger partial charge in [-0.1, -0.05) is 11.6 Å². The summed E-state index contributed by atoms with van der Waals surface area (Å²) < 4.78 is 28.6. The third-order valence-corrected chi connectivity index (χ3v) is 1.52. The standard InChI is InChI=1S/C5H6ClF2N3O/c1-11-4(12-5(7)8)2(6)3(9)10-11/h5H,1H3,(H2,9,10). The number of alkyl halides is 2. The maximum atomic E-state index is 11.7. The van der Waals surface area contributed by atoms with E-state index in [0.29, 0.717) is 0 Å². The summed E-state index contributed by atoms with van der Waals surface area (Å²) in [4.78, 5) is 0. The molecular formula is C5H6ClF2N3O. The molecule has 7 heteroatoms. The van der Waals surface area contributed by atoms with Gasteiger partial charge in [0.15, 0.2) is 5.82 Å². The van der Waals surface area contributed by atoms with Gasteiger partial charge < -0.3 is 10.5 Å². The molecular weight excluding hydrogens is 192 g/mol. The normalized spacial score (nSPS) is 10.8. The molecule has 0 fully saturated rings. The minimum Gasteiger partial charge on any atom is -0.415 e. The van der Waals surface area contributed by atoms with Crippen LogP contribution < -0.4 is 10.5 Å². The van der Waals surface area contributed by atoms with Crippen molar-refractivity contribution in [2.24, 2.45) is 7.05 Å². The predicted molar refractivity (Wildman–Crippen MR) is 39.3 cm³/mol. The quantitative estimate of drug-likeness (QED) is 0.777. The van der Waals surface area contributed by atoms with Crippen molar-refractivity contribution in [1.29, 1.82) is 0 Å². The van der Waals surface area contributed by atoms with E-state index in [-0.39, 0.29) is 16.7 Å². The second-order valence-corrected chi connectivity index (χ2v) is 2.38. The SMILES string of the molecule is Cn1nc(N)c(Cl)c1OC(F)F. The lowest BCUT2D eigenvalue weighted by atomic mass is 10.6. The highest BCUT2D eigenvalue weighted by Crippen LogP contribution is 2.29. The monoisotopic (exact) mass is 197 g/mol. The number of aromatic nitrogens is 2. The first kappa shape index (κ1) is 9.05. The van der Waals surface area contributed by atoms with Gasteiger partial charge in [-0.3, -0.25) is 0 Å². The van der Waals surface area contributed by atoms with Crippen molar-refractivity contribution in [3.63, 3.8) is 0 Å². The molecule has 0 unspecified atom stereocenters. The second kappa shape index (κ2) is 3.14. The van der Waals surface area contributed by atoms with Gasteiger partial charge in [-0.05, 0) is 0 Å². The highest BCUT2D eigenvalue weighted by molar-refractivity contribution is 6.34. The van der Waals surface area contributed by atoms with Gasteiger partial charge in [0, 0.05) is 7.05 Å². The molecule has 0 spiro atoms. The molecule has 1 rings (SSSR count). The van der Waals surface area contributed by atoms with Gasteiger partial charge in [0.1, 0.15) is 5.02 Å². The molecule has 1 aromatic rings. The van der Waals surface area contributed by atoms with E-state index >= 15 is 0 Å². The van der Waals surface area contributed by atoms with Gasteiger partial charge in [0.25, 0.3) is 0 Å². The molecule has 0 aliphatic carbocycles. The van der Waals surface area contributed by atoms with Crippen LogP contribution in [-0.2, 0) is 7.05 Å². The maximum absolute atomic E-state index is 11.7. The highest BCUT2D eigenvalue weighted by Gasteiger charge is 2.16. The number of nitrogen functional groups attached to an aromatic ring is 1. The van der Waals surface area contributed by atoms with Gasteiger partial charge in [0.05, 0.1) is 0 Å². The first-order valence-corrected chi connectivity index (χ1v) is 3.33. The lowest BCUT2D eigenvalue weighted by molar-refractivity contribution is -0.0552. The lowest BCUT2D eigenvalue weighted by Gasteiger charge is -2.03. The maximum Gasteiger partial charge on any atom is 0.388 e. The Balaban J connectivity index is 2.97. The van der Waals surface area contributed by atoms with Crippen LogP contribution in [0.1, 0.15) is 0 Å². The smallest absolute Gasteiger partial charge is 0.388 e. The summed E-state index contributed by atoms with van der Waals surface area (Å²) in [5.74, 6) is -0.265. The Kier molecular flexibility index (Phi) is 2.37.